The van der Waals surface area contributed by atoms with Gasteiger partial charge in [-0.05, 0) is 42.8 Å². The van der Waals surface area contributed by atoms with Gasteiger partial charge in [0.15, 0.2) is 0 Å². The van der Waals surface area contributed by atoms with E-state index < -0.39 is 0 Å². The van der Waals surface area contributed by atoms with Crippen LogP contribution in [0.15, 0.2) is 40.0 Å². The van der Waals surface area contributed by atoms with Gasteiger partial charge in [0.1, 0.15) is 5.25 Å². The van der Waals surface area contributed by atoms with Crippen LogP contribution in [-0.4, -0.2) is 40.3 Å². The number of hydrogen-bond donors (Lipinski definition) is 0. The molecule has 1 amide bonds. The molecule has 1 unspecified atom stereocenters. The molecule has 1 aliphatic heterocycles. The van der Waals surface area contributed by atoms with Gasteiger partial charge >= 0.3 is 0 Å². The van der Waals surface area contributed by atoms with Crippen LogP contribution in [0.5, 0.6) is 0 Å². The van der Waals surface area contributed by atoms with E-state index in [0.29, 0.717) is 16.9 Å². The largest absolute Gasteiger partial charge is 0.415 e. The Morgan fingerprint density at radius 3 is 2.67 bits per heavy atom. The van der Waals surface area contributed by atoms with Crippen LogP contribution >= 0.6 is 23.5 Å². The normalized spacial score (nSPS) is 16.1. The fourth-order valence-electron chi connectivity index (χ4n) is 2.74. The van der Waals surface area contributed by atoms with E-state index in [1.807, 2.05) is 41.5 Å². The predicted molar refractivity (Wildman–Crippen MR) is 97.0 cm³/mol. The number of benzene rings is 1. The van der Waals surface area contributed by atoms with Gasteiger partial charge in [0.05, 0.1) is 5.75 Å². The minimum Gasteiger partial charge on any atom is -0.415 e. The molecule has 1 aromatic heterocycles. The van der Waals surface area contributed by atoms with Crippen molar-refractivity contribution >= 4 is 29.4 Å². The van der Waals surface area contributed by atoms with Gasteiger partial charge in [-0.15, -0.1) is 10.2 Å². The maximum atomic E-state index is 13.0. The smallest absolute Gasteiger partial charge is 0.277 e. The Hall–Kier alpha value is -1.47. The summed E-state index contributed by atoms with van der Waals surface area (Å²) in [5.74, 6) is 1.42. The van der Waals surface area contributed by atoms with Gasteiger partial charge in [-0.25, -0.2) is 0 Å². The van der Waals surface area contributed by atoms with Gasteiger partial charge in [-0.2, -0.15) is 11.8 Å². The van der Waals surface area contributed by atoms with Crippen molar-refractivity contribution in [1.82, 2.24) is 15.1 Å². The number of carbonyl (C=O) groups is 1. The average molecular weight is 364 g/mol. The third kappa shape index (κ3) is 4.33. The molecule has 2 aromatic rings. The van der Waals surface area contributed by atoms with Gasteiger partial charge in [0.2, 0.25) is 11.8 Å². The molecule has 1 fully saturated rings. The molecular formula is C17H21N3O2S2. The first-order chi connectivity index (χ1) is 11.8. The molecule has 7 heteroatoms. The topological polar surface area (TPSA) is 59.2 Å². The fourth-order valence-corrected chi connectivity index (χ4v) is 4.08. The van der Waals surface area contributed by atoms with E-state index in [1.54, 1.807) is 11.8 Å². The Bertz CT molecular complexity index is 657. The van der Waals surface area contributed by atoms with E-state index in [1.165, 1.54) is 18.2 Å². The molecule has 5 nitrogen and oxygen atoms in total. The van der Waals surface area contributed by atoms with Crippen LogP contribution in [-0.2, 0) is 10.5 Å². The molecule has 1 aliphatic rings. The minimum atomic E-state index is -0.341. The average Bonchev–Trinajstić information content (AvgIpc) is 3.08. The third-order valence-corrected chi connectivity index (χ3v) is 5.54. The Kier molecular flexibility index (Phi) is 6.20. The molecule has 0 saturated carbocycles. The molecule has 0 aliphatic carbocycles. The highest BCUT2D eigenvalue weighted by molar-refractivity contribution is 8.00. The van der Waals surface area contributed by atoms with Crippen molar-refractivity contribution in [2.75, 3.05) is 19.3 Å². The van der Waals surface area contributed by atoms with Crippen molar-refractivity contribution in [3.63, 3.8) is 0 Å². The zero-order valence-corrected chi connectivity index (χ0v) is 15.3. The van der Waals surface area contributed by atoms with Crippen LogP contribution in [0.1, 0.15) is 36.0 Å². The molecule has 1 saturated heterocycles. The van der Waals surface area contributed by atoms with Crippen LogP contribution in [0.4, 0.5) is 0 Å². The molecule has 128 valence electrons. The summed E-state index contributed by atoms with van der Waals surface area (Å²) >= 11 is 2.98. The van der Waals surface area contributed by atoms with Crippen LogP contribution in [0, 0.1) is 0 Å². The lowest BCUT2D eigenvalue weighted by Crippen LogP contribution is -2.38. The minimum absolute atomic E-state index is 0.135. The zero-order valence-electron chi connectivity index (χ0n) is 13.7. The summed E-state index contributed by atoms with van der Waals surface area (Å²) in [5.41, 5.74) is 0.975. The number of nitrogens with zero attached hydrogens (tertiary/aromatic N) is 3. The van der Waals surface area contributed by atoms with Crippen molar-refractivity contribution < 1.29 is 9.21 Å². The first-order valence-corrected chi connectivity index (χ1v) is 10.4. The standard InChI is InChI=1S/C17H21N3O2S2/c1-23-12-14-18-19-17(22-14)24-15(13-8-4-2-5-9-13)16(21)20-10-6-3-7-11-20/h2,4-5,8-9,15H,3,6-7,10-12H2,1H3. The van der Waals surface area contributed by atoms with Crippen LogP contribution in [0.25, 0.3) is 0 Å². The predicted octanol–water partition coefficient (Wildman–Crippen LogP) is 3.78. The maximum Gasteiger partial charge on any atom is 0.277 e. The molecule has 24 heavy (non-hydrogen) atoms. The van der Waals surface area contributed by atoms with Crippen LogP contribution in [0.2, 0.25) is 0 Å². The molecule has 0 N–H and O–H groups in total. The summed E-state index contributed by atoms with van der Waals surface area (Å²) in [4.78, 5) is 15.0. The van der Waals surface area contributed by atoms with Crippen LogP contribution in [0.3, 0.4) is 0 Å². The summed E-state index contributed by atoms with van der Waals surface area (Å²) < 4.78 is 5.66. The number of piperidine rings is 1. The lowest BCUT2D eigenvalue weighted by atomic mass is 10.1. The molecular weight excluding hydrogens is 342 g/mol. The number of thioether (sulfide) groups is 2. The number of rotatable bonds is 6. The Morgan fingerprint density at radius 2 is 1.96 bits per heavy atom. The Morgan fingerprint density at radius 1 is 1.21 bits per heavy atom. The monoisotopic (exact) mass is 363 g/mol. The number of hydrogen-bond acceptors (Lipinski definition) is 6. The van der Waals surface area contributed by atoms with E-state index in [-0.39, 0.29) is 11.2 Å². The highest BCUT2D eigenvalue weighted by atomic mass is 32.2. The number of likely N-dealkylation sites (tertiary alicyclic amines) is 1. The molecule has 0 radical (unpaired) electrons. The van der Waals surface area contributed by atoms with E-state index in [4.69, 9.17) is 4.42 Å². The summed E-state index contributed by atoms with van der Waals surface area (Å²) in [7, 11) is 0. The zero-order chi connectivity index (χ0) is 16.8. The molecule has 1 atom stereocenters. The molecule has 0 bridgehead atoms. The van der Waals surface area contributed by atoms with Gasteiger partial charge < -0.3 is 9.32 Å². The van der Waals surface area contributed by atoms with Gasteiger partial charge in [0.25, 0.3) is 5.22 Å². The van der Waals surface area contributed by atoms with Gasteiger partial charge in [-0.1, -0.05) is 30.3 Å². The van der Waals surface area contributed by atoms with Crippen molar-refractivity contribution in [2.24, 2.45) is 0 Å². The number of carbonyl (C=O) groups excluding carboxylic acids is 1. The lowest BCUT2D eigenvalue weighted by molar-refractivity contribution is -0.131. The second kappa shape index (κ2) is 8.58. The lowest BCUT2D eigenvalue weighted by Gasteiger charge is -2.29. The first kappa shape index (κ1) is 17.4. The quantitative estimate of drug-likeness (QED) is 0.728. The van der Waals surface area contributed by atoms with E-state index in [0.717, 1.165) is 31.5 Å². The van der Waals surface area contributed by atoms with E-state index >= 15 is 0 Å². The Labute approximate surface area is 150 Å². The van der Waals surface area contributed by atoms with Crippen LogP contribution < -0.4 is 0 Å². The van der Waals surface area contributed by atoms with Crippen molar-refractivity contribution in [3.05, 3.63) is 41.8 Å². The van der Waals surface area contributed by atoms with Crippen molar-refractivity contribution in [3.8, 4) is 0 Å². The third-order valence-electron chi connectivity index (χ3n) is 3.93. The molecule has 0 spiro atoms. The molecule has 2 heterocycles. The van der Waals surface area contributed by atoms with Crippen molar-refractivity contribution in [2.45, 2.75) is 35.5 Å². The summed E-state index contributed by atoms with van der Waals surface area (Å²) in [5, 5.41) is 8.25. The maximum absolute atomic E-state index is 13.0. The SMILES string of the molecule is CSCc1nnc(SC(C(=O)N2CCCCC2)c2ccccc2)o1. The Balaban J connectivity index is 1.80. The van der Waals surface area contributed by atoms with Crippen molar-refractivity contribution in [1.29, 1.82) is 0 Å². The first-order valence-electron chi connectivity index (χ1n) is 8.09. The van der Waals surface area contributed by atoms with Gasteiger partial charge in [-0.3, -0.25) is 4.79 Å². The summed E-state index contributed by atoms with van der Waals surface area (Å²) in [6.45, 7) is 1.68. The highest BCUT2D eigenvalue weighted by Gasteiger charge is 2.29. The second-order valence-electron chi connectivity index (χ2n) is 5.69. The molecule has 3 rings (SSSR count). The van der Waals surface area contributed by atoms with Gasteiger partial charge in [0, 0.05) is 13.1 Å². The van der Waals surface area contributed by atoms with E-state index in [2.05, 4.69) is 10.2 Å². The number of aromatic nitrogens is 2. The fraction of sp³-hybridized carbons (Fsp3) is 0.471. The second-order valence-corrected chi connectivity index (χ2v) is 7.61. The number of amides is 1. The summed E-state index contributed by atoms with van der Waals surface area (Å²) in [6.07, 6.45) is 5.35. The van der Waals surface area contributed by atoms with E-state index in [9.17, 15) is 4.79 Å². The highest BCUT2D eigenvalue weighted by Crippen LogP contribution is 2.36. The molecule has 1 aromatic carbocycles. The summed E-state index contributed by atoms with van der Waals surface area (Å²) in [6, 6.07) is 9.84.